The van der Waals surface area contributed by atoms with Gasteiger partial charge in [-0.2, -0.15) is 0 Å². The van der Waals surface area contributed by atoms with Crippen molar-refractivity contribution in [3.63, 3.8) is 0 Å². The van der Waals surface area contributed by atoms with Crippen LogP contribution in [0, 0.1) is 0 Å². The molecule has 0 amide bonds. The lowest BCUT2D eigenvalue weighted by Crippen LogP contribution is -2.10. The molecule has 0 saturated heterocycles. The highest BCUT2D eigenvalue weighted by atomic mass is 16.5. The smallest absolute Gasteiger partial charge is 0.356 e. The van der Waals surface area contributed by atoms with Crippen molar-refractivity contribution in [3.8, 4) is 0 Å². The van der Waals surface area contributed by atoms with Gasteiger partial charge in [-0.1, -0.05) is 6.08 Å². The Morgan fingerprint density at radius 2 is 2.53 bits per heavy atom. The molecule has 0 bridgehead atoms. The normalized spacial score (nSPS) is 16.1. The van der Waals surface area contributed by atoms with E-state index in [9.17, 15) is 4.79 Å². The van der Waals surface area contributed by atoms with Crippen molar-refractivity contribution in [2.24, 2.45) is 0 Å². The van der Waals surface area contributed by atoms with Crippen molar-refractivity contribution >= 4 is 5.97 Å². The van der Waals surface area contributed by atoms with E-state index in [1.54, 1.807) is 4.57 Å². The molecule has 0 saturated carbocycles. The van der Waals surface area contributed by atoms with Gasteiger partial charge >= 0.3 is 5.97 Å². The number of imidazole rings is 1. The summed E-state index contributed by atoms with van der Waals surface area (Å²) in [6, 6.07) is 0. The maximum Gasteiger partial charge on any atom is 0.356 e. The summed E-state index contributed by atoms with van der Waals surface area (Å²) in [4.78, 5) is 14.4. The summed E-state index contributed by atoms with van der Waals surface area (Å²) in [5.41, 5.74) is 1.24. The second kappa shape index (κ2) is 4.27. The first-order chi connectivity index (χ1) is 7.25. The monoisotopic (exact) mass is 208 g/mol. The number of carboxylic acid groups (broad SMARTS) is 1. The zero-order valence-corrected chi connectivity index (χ0v) is 8.22. The first-order valence-electron chi connectivity index (χ1n) is 4.76. The van der Waals surface area contributed by atoms with Gasteiger partial charge in [0.25, 0.3) is 0 Å². The minimum Gasteiger partial charge on any atom is -0.476 e. The summed E-state index contributed by atoms with van der Waals surface area (Å²) in [6.45, 7) is 2.05. The zero-order chi connectivity index (χ0) is 10.7. The summed E-state index contributed by atoms with van der Waals surface area (Å²) < 4.78 is 7.04. The first kappa shape index (κ1) is 9.92. The van der Waals surface area contributed by atoms with Gasteiger partial charge in [-0.15, -0.1) is 0 Å². The quantitative estimate of drug-likeness (QED) is 0.750. The number of aromatic carboxylic acids is 1. The average molecular weight is 208 g/mol. The van der Waals surface area contributed by atoms with Crippen molar-refractivity contribution in [2.45, 2.75) is 13.0 Å². The van der Waals surface area contributed by atoms with Crippen LogP contribution in [-0.4, -0.2) is 33.8 Å². The minimum absolute atomic E-state index is 0.0762. The van der Waals surface area contributed by atoms with Gasteiger partial charge in [0, 0.05) is 12.7 Å². The molecular formula is C10H12N2O3. The molecule has 0 aromatic carbocycles. The number of hydrogen-bond acceptors (Lipinski definition) is 3. The van der Waals surface area contributed by atoms with Gasteiger partial charge < -0.3 is 14.4 Å². The number of carbonyl (C=O) groups is 1. The van der Waals surface area contributed by atoms with Crippen LogP contribution in [0.4, 0.5) is 0 Å². The first-order valence-corrected chi connectivity index (χ1v) is 4.76. The maximum atomic E-state index is 10.6. The molecule has 1 aliphatic rings. The molecule has 5 nitrogen and oxygen atoms in total. The highest BCUT2D eigenvalue weighted by molar-refractivity contribution is 5.84. The molecule has 1 aromatic heterocycles. The van der Waals surface area contributed by atoms with Gasteiger partial charge in [0.2, 0.25) is 0 Å². The van der Waals surface area contributed by atoms with Crippen LogP contribution in [0.15, 0.2) is 24.2 Å². The second-order valence-corrected chi connectivity index (χ2v) is 3.44. The molecule has 5 heteroatoms. The molecule has 0 atom stereocenters. The lowest BCUT2D eigenvalue weighted by Gasteiger charge is -2.13. The number of carboxylic acids is 1. The molecule has 1 aromatic rings. The Bertz CT molecular complexity index is 395. The zero-order valence-electron chi connectivity index (χ0n) is 8.22. The molecule has 1 N–H and O–H groups in total. The Hall–Kier alpha value is -1.62. The standard InChI is InChI=1S/C10H12N2O3/c13-10(14)9-5-12(7-11-9)4-8-2-1-3-15-6-8/h2,5,7H,1,3-4,6H2,(H,13,14). The van der Waals surface area contributed by atoms with E-state index in [2.05, 4.69) is 11.1 Å². The van der Waals surface area contributed by atoms with Crippen LogP contribution in [0.3, 0.4) is 0 Å². The molecule has 0 spiro atoms. The molecule has 0 aliphatic carbocycles. The van der Waals surface area contributed by atoms with Crippen LogP contribution < -0.4 is 0 Å². The predicted octanol–water partition coefficient (Wildman–Crippen LogP) is 0.928. The molecule has 0 radical (unpaired) electrons. The average Bonchev–Trinajstić information content (AvgIpc) is 2.68. The Morgan fingerprint density at radius 1 is 1.67 bits per heavy atom. The van der Waals surface area contributed by atoms with Crippen LogP contribution in [0.1, 0.15) is 16.9 Å². The molecule has 15 heavy (non-hydrogen) atoms. The summed E-state index contributed by atoms with van der Waals surface area (Å²) in [5.74, 6) is -0.998. The molecule has 0 fully saturated rings. The van der Waals surface area contributed by atoms with Crippen molar-refractivity contribution in [1.29, 1.82) is 0 Å². The summed E-state index contributed by atoms with van der Waals surface area (Å²) in [7, 11) is 0. The Morgan fingerprint density at radius 3 is 3.13 bits per heavy atom. The van der Waals surface area contributed by atoms with Gasteiger partial charge in [-0.05, 0) is 12.0 Å². The Labute approximate surface area is 87.0 Å². The fraction of sp³-hybridized carbons (Fsp3) is 0.400. The third kappa shape index (κ3) is 2.44. The predicted molar refractivity (Wildman–Crippen MR) is 52.7 cm³/mol. The van der Waals surface area contributed by atoms with Crippen molar-refractivity contribution in [2.75, 3.05) is 13.2 Å². The SMILES string of the molecule is O=C(O)c1cn(CC2=CCCOC2)cn1. The lowest BCUT2D eigenvalue weighted by atomic mass is 10.2. The molecule has 0 unspecified atom stereocenters. The van der Waals surface area contributed by atoms with E-state index in [0.29, 0.717) is 13.2 Å². The van der Waals surface area contributed by atoms with Crippen molar-refractivity contribution in [1.82, 2.24) is 9.55 Å². The largest absolute Gasteiger partial charge is 0.476 e. The fourth-order valence-electron chi connectivity index (χ4n) is 1.51. The van der Waals surface area contributed by atoms with Gasteiger partial charge in [0.1, 0.15) is 0 Å². The Balaban J connectivity index is 2.04. The second-order valence-electron chi connectivity index (χ2n) is 3.44. The number of aromatic nitrogens is 2. The van der Waals surface area contributed by atoms with E-state index in [1.807, 2.05) is 0 Å². The summed E-state index contributed by atoms with van der Waals surface area (Å²) >= 11 is 0. The third-order valence-corrected chi connectivity index (χ3v) is 2.22. The van der Waals surface area contributed by atoms with Gasteiger partial charge in [-0.25, -0.2) is 9.78 Å². The molecule has 80 valence electrons. The molecule has 1 aliphatic heterocycles. The van der Waals surface area contributed by atoms with E-state index in [0.717, 1.165) is 18.6 Å². The Kier molecular flexibility index (Phi) is 2.82. The van der Waals surface area contributed by atoms with Crippen molar-refractivity contribution < 1.29 is 14.6 Å². The highest BCUT2D eigenvalue weighted by Crippen LogP contribution is 2.08. The van der Waals surface area contributed by atoms with Gasteiger partial charge in [-0.3, -0.25) is 0 Å². The van der Waals surface area contributed by atoms with Gasteiger partial charge in [0.15, 0.2) is 5.69 Å². The molecule has 2 heterocycles. The van der Waals surface area contributed by atoms with E-state index < -0.39 is 5.97 Å². The van der Waals surface area contributed by atoms with Gasteiger partial charge in [0.05, 0.1) is 19.5 Å². The molecule has 2 rings (SSSR count). The van der Waals surface area contributed by atoms with Crippen LogP contribution in [0.5, 0.6) is 0 Å². The molecular weight excluding hydrogens is 196 g/mol. The minimum atomic E-state index is -0.998. The summed E-state index contributed by atoms with van der Waals surface area (Å²) in [5, 5.41) is 8.69. The maximum absolute atomic E-state index is 10.6. The number of rotatable bonds is 3. The summed E-state index contributed by atoms with van der Waals surface area (Å²) in [6.07, 6.45) is 6.11. The lowest BCUT2D eigenvalue weighted by molar-refractivity contribution is 0.0691. The third-order valence-electron chi connectivity index (χ3n) is 2.22. The van der Waals surface area contributed by atoms with E-state index in [-0.39, 0.29) is 5.69 Å². The van der Waals surface area contributed by atoms with E-state index in [1.165, 1.54) is 12.5 Å². The van der Waals surface area contributed by atoms with Crippen LogP contribution in [0.25, 0.3) is 0 Å². The number of nitrogens with zero attached hydrogens (tertiary/aromatic N) is 2. The van der Waals surface area contributed by atoms with Crippen LogP contribution in [0.2, 0.25) is 0 Å². The van der Waals surface area contributed by atoms with Crippen LogP contribution >= 0.6 is 0 Å². The highest BCUT2D eigenvalue weighted by Gasteiger charge is 2.08. The number of ether oxygens (including phenoxy) is 1. The van der Waals surface area contributed by atoms with Crippen LogP contribution in [-0.2, 0) is 11.3 Å². The van der Waals surface area contributed by atoms with E-state index >= 15 is 0 Å². The fourth-order valence-corrected chi connectivity index (χ4v) is 1.51. The topological polar surface area (TPSA) is 64.3 Å². The number of hydrogen-bond donors (Lipinski definition) is 1. The van der Waals surface area contributed by atoms with Crippen molar-refractivity contribution in [3.05, 3.63) is 29.9 Å². The van der Waals surface area contributed by atoms with E-state index in [4.69, 9.17) is 9.84 Å².